The molecule has 17 heavy (non-hydrogen) atoms. The van der Waals surface area contributed by atoms with Crippen LogP contribution in [0.2, 0.25) is 0 Å². The predicted molar refractivity (Wildman–Crippen MR) is 72.4 cm³/mol. The molecule has 1 aliphatic heterocycles. The third-order valence-electron chi connectivity index (χ3n) is 3.88. The summed E-state index contributed by atoms with van der Waals surface area (Å²) in [6, 6.07) is 0.707. The molecule has 1 fully saturated rings. The SMILES string of the molecule is C1CCc2[nH]nc(CNC3CCSC3)c2CC1. The summed E-state index contributed by atoms with van der Waals surface area (Å²) < 4.78 is 0. The van der Waals surface area contributed by atoms with Crippen molar-refractivity contribution in [2.45, 2.75) is 51.1 Å². The molecule has 2 aliphatic rings. The van der Waals surface area contributed by atoms with Crippen molar-refractivity contribution in [3.63, 3.8) is 0 Å². The van der Waals surface area contributed by atoms with Crippen molar-refractivity contribution in [3.8, 4) is 0 Å². The van der Waals surface area contributed by atoms with E-state index in [0.29, 0.717) is 6.04 Å². The number of aromatic nitrogens is 2. The summed E-state index contributed by atoms with van der Waals surface area (Å²) in [4.78, 5) is 0. The summed E-state index contributed by atoms with van der Waals surface area (Å²) in [6.45, 7) is 0.955. The van der Waals surface area contributed by atoms with Crippen LogP contribution in [0.5, 0.6) is 0 Å². The van der Waals surface area contributed by atoms with E-state index in [4.69, 9.17) is 0 Å². The van der Waals surface area contributed by atoms with Crippen molar-refractivity contribution in [1.82, 2.24) is 15.5 Å². The third kappa shape index (κ3) is 2.68. The van der Waals surface area contributed by atoms with Gasteiger partial charge in [0.2, 0.25) is 0 Å². The van der Waals surface area contributed by atoms with Crippen LogP contribution in [0.3, 0.4) is 0 Å². The Morgan fingerprint density at radius 2 is 2.24 bits per heavy atom. The minimum Gasteiger partial charge on any atom is -0.307 e. The molecule has 0 aromatic carbocycles. The second kappa shape index (κ2) is 5.44. The molecule has 0 radical (unpaired) electrons. The smallest absolute Gasteiger partial charge is 0.0794 e. The van der Waals surface area contributed by atoms with Gasteiger partial charge in [-0.25, -0.2) is 0 Å². The fourth-order valence-electron chi connectivity index (χ4n) is 2.81. The minimum atomic E-state index is 0.707. The second-order valence-electron chi connectivity index (χ2n) is 5.13. The van der Waals surface area contributed by atoms with E-state index in [2.05, 4.69) is 27.3 Å². The van der Waals surface area contributed by atoms with Crippen LogP contribution in [-0.4, -0.2) is 27.7 Å². The Morgan fingerprint density at radius 1 is 1.29 bits per heavy atom. The van der Waals surface area contributed by atoms with Gasteiger partial charge in [-0.05, 0) is 43.4 Å². The van der Waals surface area contributed by atoms with E-state index < -0.39 is 0 Å². The van der Waals surface area contributed by atoms with Crippen molar-refractivity contribution in [1.29, 1.82) is 0 Å². The molecule has 4 heteroatoms. The Kier molecular flexibility index (Phi) is 3.71. The number of nitrogens with one attached hydrogen (secondary N) is 2. The average Bonchev–Trinajstić information content (AvgIpc) is 2.92. The van der Waals surface area contributed by atoms with E-state index in [0.717, 1.165) is 6.54 Å². The van der Waals surface area contributed by atoms with E-state index in [1.54, 1.807) is 0 Å². The van der Waals surface area contributed by atoms with Crippen LogP contribution < -0.4 is 5.32 Å². The Bertz CT molecular complexity index is 369. The fraction of sp³-hybridized carbons (Fsp3) is 0.769. The molecule has 3 nitrogen and oxygen atoms in total. The molecule has 0 saturated carbocycles. The van der Waals surface area contributed by atoms with Gasteiger partial charge in [0.25, 0.3) is 0 Å². The quantitative estimate of drug-likeness (QED) is 0.810. The Hall–Kier alpha value is -0.480. The molecule has 1 saturated heterocycles. The van der Waals surface area contributed by atoms with Crippen molar-refractivity contribution < 1.29 is 0 Å². The van der Waals surface area contributed by atoms with Crippen LogP contribution in [0.15, 0.2) is 0 Å². The third-order valence-corrected chi connectivity index (χ3v) is 5.04. The molecule has 2 N–H and O–H groups in total. The lowest BCUT2D eigenvalue weighted by molar-refractivity contribution is 0.548. The van der Waals surface area contributed by atoms with Crippen LogP contribution in [0.25, 0.3) is 0 Å². The number of aromatic amines is 1. The first kappa shape index (κ1) is 11.6. The summed E-state index contributed by atoms with van der Waals surface area (Å²) in [5, 5.41) is 11.4. The molecule has 0 spiro atoms. The summed E-state index contributed by atoms with van der Waals surface area (Å²) in [5.74, 6) is 2.59. The van der Waals surface area contributed by atoms with Crippen LogP contribution in [0, 0.1) is 0 Å². The summed E-state index contributed by atoms with van der Waals surface area (Å²) in [5.41, 5.74) is 4.19. The van der Waals surface area contributed by atoms with Crippen molar-refractivity contribution >= 4 is 11.8 Å². The van der Waals surface area contributed by atoms with Gasteiger partial charge in [0, 0.05) is 24.0 Å². The van der Waals surface area contributed by atoms with E-state index in [-0.39, 0.29) is 0 Å². The van der Waals surface area contributed by atoms with E-state index in [1.807, 2.05) is 0 Å². The molecule has 3 rings (SSSR count). The highest BCUT2D eigenvalue weighted by Gasteiger charge is 2.18. The van der Waals surface area contributed by atoms with Crippen LogP contribution in [0.4, 0.5) is 0 Å². The van der Waals surface area contributed by atoms with Gasteiger partial charge in [0.1, 0.15) is 0 Å². The fourth-order valence-corrected chi connectivity index (χ4v) is 4.00. The van der Waals surface area contributed by atoms with Crippen molar-refractivity contribution in [2.75, 3.05) is 11.5 Å². The molecule has 0 bridgehead atoms. The molecule has 1 aromatic rings. The molecule has 1 atom stereocenters. The first-order valence-electron chi connectivity index (χ1n) is 6.79. The number of H-pyrrole nitrogens is 1. The maximum atomic E-state index is 4.51. The number of hydrogen-bond acceptors (Lipinski definition) is 3. The molecule has 1 unspecified atom stereocenters. The number of hydrogen-bond donors (Lipinski definition) is 2. The Balaban J connectivity index is 1.64. The lowest BCUT2D eigenvalue weighted by Gasteiger charge is -2.10. The minimum absolute atomic E-state index is 0.707. The number of thioether (sulfide) groups is 1. The average molecular weight is 251 g/mol. The van der Waals surface area contributed by atoms with Gasteiger partial charge in [-0.3, -0.25) is 5.10 Å². The lowest BCUT2D eigenvalue weighted by atomic mass is 10.1. The van der Waals surface area contributed by atoms with E-state index in [1.165, 1.54) is 67.0 Å². The molecular formula is C13H21N3S. The number of nitrogens with zero attached hydrogens (tertiary/aromatic N) is 1. The van der Waals surface area contributed by atoms with Gasteiger partial charge >= 0.3 is 0 Å². The molecule has 0 amide bonds. The topological polar surface area (TPSA) is 40.7 Å². The van der Waals surface area contributed by atoms with Gasteiger partial charge in [-0.1, -0.05) is 6.42 Å². The van der Waals surface area contributed by atoms with Crippen LogP contribution in [0.1, 0.15) is 42.6 Å². The first-order valence-corrected chi connectivity index (χ1v) is 7.95. The molecule has 1 aromatic heterocycles. The molecule has 1 aliphatic carbocycles. The standard InChI is InChI=1S/C13H21N3S/c1-2-4-11-12(5-3-1)15-16-13(11)8-14-10-6-7-17-9-10/h10,14H,1-9H2,(H,15,16). The largest absolute Gasteiger partial charge is 0.307 e. The predicted octanol–water partition coefficient (Wildman–Crippen LogP) is 2.27. The van der Waals surface area contributed by atoms with E-state index in [9.17, 15) is 0 Å². The molecule has 94 valence electrons. The van der Waals surface area contributed by atoms with Gasteiger partial charge in [0.05, 0.1) is 5.69 Å². The monoisotopic (exact) mass is 251 g/mol. The zero-order valence-corrected chi connectivity index (χ0v) is 11.1. The van der Waals surface area contributed by atoms with Gasteiger partial charge in [-0.2, -0.15) is 16.9 Å². The maximum Gasteiger partial charge on any atom is 0.0794 e. The summed E-state index contributed by atoms with van der Waals surface area (Å²) in [7, 11) is 0. The highest BCUT2D eigenvalue weighted by atomic mass is 32.2. The highest BCUT2D eigenvalue weighted by molar-refractivity contribution is 7.99. The summed E-state index contributed by atoms with van der Waals surface area (Å²) >= 11 is 2.06. The number of aryl methyl sites for hydroxylation is 1. The Morgan fingerprint density at radius 3 is 3.12 bits per heavy atom. The van der Waals surface area contributed by atoms with Crippen LogP contribution >= 0.6 is 11.8 Å². The van der Waals surface area contributed by atoms with Gasteiger partial charge in [-0.15, -0.1) is 0 Å². The van der Waals surface area contributed by atoms with E-state index >= 15 is 0 Å². The zero-order valence-electron chi connectivity index (χ0n) is 10.3. The Labute approximate surface area is 107 Å². The molecular weight excluding hydrogens is 230 g/mol. The first-order chi connectivity index (χ1) is 8.43. The number of rotatable bonds is 3. The zero-order chi connectivity index (χ0) is 11.5. The summed E-state index contributed by atoms with van der Waals surface area (Å²) in [6.07, 6.45) is 7.76. The molecule has 2 heterocycles. The van der Waals surface area contributed by atoms with Crippen molar-refractivity contribution in [2.24, 2.45) is 0 Å². The highest BCUT2D eigenvalue weighted by Crippen LogP contribution is 2.22. The van der Waals surface area contributed by atoms with Gasteiger partial charge in [0.15, 0.2) is 0 Å². The van der Waals surface area contributed by atoms with Crippen molar-refractivity contribution in [3.05, 3.63) is 17.0 Å². The maximum absolute atomic E-state index is 4.51. The number of fused-ring (bicyclic) bond motifs is 1. The normalized spacial score (nSPS) is 24.6. The second-order valence-corrected chi connectivity index (χ2v) is 6.28. The van der Waals surface area contributed by atoms with Crippen LogP contribution in [-0.2, 0) is 19.4 Å². The lowest BCUT2D eigenvalue weighted by Crippen LogP contribution is -2.28. The van der Waals surface area contributed by atoms with Gasteiger partial charge < -0.3 is 5.32 Å².